The van der Waals surface area contributed by atoms with E-state index >= 15 is 0 Å². The molecule has 8 heteroatoms. The maximum atomic E-state index is 12.4. The van der Waals surface area contributed by atoms with Crippen molar-refractivity contribution in [3.05, 3.63) is 39.5 Å². The van der Waals surface area contributed by atoms with Gasteiger partial charge in [-0.3, -0.25) is 14.5 Å². The number of hydrogen-bond donors (Lipinski definition) is 2. The average Bonchev–Trinajstić information content (AvgIpc) is 3.04. The molecule has 0 aliphatic carbocycles. The van der Waals surface area contributed by atoms with Gasteiger partial charge in [0.15, 0.2) is 5.13 Å². The highest BCUT2D eigenvalue weighted by molar-refractivity contribution is 7.13. The first-order chi connectivity index (χ1) is 12.3. The van der Waals surface area contributed by atoms with E-state index in [1.165, 1.54) is 17.7 Å². The van der Waals surface area contributed by atoms with Crippen LogP contribution >= 0.6 is 11.3 Å². The van der Waals surface area contributed by atoms with Gasteiger partial charge < -0.3 is 10.3 Å². The predicted octanol–water partition coefficient (Wildman–Crippen LogP) is 2.34. The molecule has 1 saturated heterocycles. The van der Waals surface area contributed by atoms with Crippen molar-refractivity contribution >= 4 is 22.4 Å². The number of carbonyl (C=O) groups is 1. The van der Waals surface area contributed by atoms with Crippen LogP contribution in [0.4, 0.5) is 5.13 Å². The van der Waals surface area contributed by atoms with E-state index in [9.17, 15) is 9.59 Å². The largest absolute Gasteiger partial charge is 0.313 e. The summed E-state index contributed by atoms with van der Waals surface area (Å²) in [6.45, 7) is 8.23. The lowest BCUT2D eigenvalue weighted by Crippen LogP contribution is -2.40. The van der Waals surface area contributed by atoms with Crippen LogP contribution in [0.25, 0.3) is 0 Å². The molecule has 140 valence electrons. The van der Waals surface area contributed by atoms with Gasteiger partial charge >= 0.3 is 0 Å². The highest BCUT2D eigenvalue weighted by Crippen LogP contribution is 2.27. The summed E-state index contributed by atoms with van der Waals surface area (Å²) in [6, 6.07) is 1.55. The van der Waals surface area contributed by atoms with Gasteiger partial charge in [-0.15, -0.1) is 11.3 Å². The molecule has 0 spiro atoms. The molecule has 0 saturated carbocycles. The molecule has 2 aromatic rings. The van der Waals surface area contributed by atoms with E-state index in [0.717, 1.165) is 37.3 Å². The van der Waals surface area contributed by atoms with Crippen LogP contribution in [-0.4, -0.2) is 45.4 Å². The topological polar surface area (TPSA) is 91.0 Å². The van der Waals surface area contributed by atoms with Crippen LogP contribution in [0.15, 0.2) is 22.6 Å². The van der Waals surface area contributed by atoms with Gasteiger partial charge in [0, 0.05) is 29.3 Å². The molecule has 2 aromatic heterocycles. The number of thiazole rings is 1. The van der Waals surface area contributed by atoms with Gasteiger partial charge in [0.25, 0.3) is 5.56 Å². The smallest absolute Gasteiger partial charge is 0.250 e. The Morgan fingerprint density at radius 1 is 1.46 bits per heavy atom. The van der Waals surface area contributed by atoms with Crippen LogP contribution < -0.4 is 10.9 Å². The highest BCUT2D eigenvalue weighted by atomic mass is 32.1. The van der Waals surface area contributed by atoms with Crippen LogP contribution in [0.2, 0.25) is 0 Å². The first-order valence-corrected chi connectivity index (χ1v) is 9.72. The number of aromatic nitrogens is 3. The van der Waals surface area contributed by atoms with Crippen molar-refractivity contribution < 1.29 is 4.79 Å². The van der Waals surface area contributed by atoms with Crippen LogP contribution in [0.5, 0.6) is 0 Å². The quantitative estimate of drug-likeness (QED) is 0.856. The summed E-state index contributed by atoms with van der Waals surface area (Å²) in [6.07, 6.45) is 3.41. The molecular weight excluding hydrogens is 350 g/mol. The Kier molecular flexibility index (Phi) is 5.52. The molecule has 1 atom stereocenters. The number of rotatable bonds is 4. The van der Waals surface area contributed by atoms with Gasteiger partial charge in [-0.25, -0.2) is 9.97 Å². The molecule has 0 aromatic carbocycles. The van der Waals surface area contributed by atoms with Gasteiger partial charge in [0.1, 0.15) is 0 Å². The van der Waals surface area contributed by atoms with E-state index in [1.54, 1.807) is 6.07 Å². The Balaban J connectivity index is 1.57. The summed E-state index contributed by atoms with van der Waals surface area (Å²) in [4.78, 5) is 37.3. The first kappa shape index (κ1) is 18.7. The van der Waals surface area contributed by atoms with Crippen molar-refractivity contribution in [2.45, 2.75) is 44.9 Å². The van der Waals surface area contributed by atoms with Crippen molar-refractivity contribution in [2.24, 2.45) is 0 Å². The SMILES string of the molecule is CC(C)(C)c1csc(NC(=O)CN2CCCC(c3cc(=O)[nH]cn3)C2)n1. The van der Waals surface area contributed by atoms with Crippen molar-refractivity contribution in [2.75, 3.05) is 25.0 Å². The summed E-state index contributed by atoms with van der Waals surface area (Å²) in [5.74, 6) is 0.130. The molecule has 0 bridgehead atoms. The number of piperidine rings is 1. The Bertz CT molecular complexity index is 823. The summed E-state index contributed by atoms with van der Waals surface area (Å²) < 4.78 is 0. The number of nitrogens with zero attached hydrogens (tertiary/aromatic N) is 3. The van der Waals surface area contributed by atoms with Crippen molar-refractivity contribution in [3.8, 4) is 0 Å². The van der Waals surface area contributed by atoms with Gasteiger partial charge in [-0.2, -0.15) is 0 Å². The third kappa shape index (κ3) is 4.76. The standard InChI is InChI=1S/C18H25N5O2S/c1-18(2,3)14-10-26-17(21-14)22-16(25)9-23-6-4-5-12(8-23)13-7-15(24)20-11-19-13/h7,10-12H,4-6,8-9H2,1-3H3,(H,19,20,24)(H,21,22,25). The fraction of sp³-hybridized carbons (Fsp3) is 0.556. The summed E-state index contributed by atoms with van der Waals surface area (Å²) >= 11 is 1.46. The fourth-order valence-corrected chi connectivity index (χ4v) is 4.04. The minimum absolute atomic E-state index is 0.0277. The normalized spacial score (nSPS) is 18.7. The van der Waals surface area contributed by atoms with Crippen molar-refractivity contribution in [1.29, 1.82) is 0 Å². The van der Waals surface area contributed by atoms with Crippen LogP contribution in [-0.2, 0) is 10.2 Å². The molecule has 0 radical (unpaired) electrons. The molecule has 2 N–H and O–H groups in total. The lowest BCUT2D eigenvalue weighted by atomic mass is 9.93. The van der Waals surface area contributed by atoms with Gasteiger partial charge in [-0.05, 0) is 19.4 Å². The number of hydrogen-bond acceptors (Lipinski definition) is 6. The third-order valence-corrected chi connectivity index (χ3v) is 5.27. The number of nitrogens with one attached hydrogen (secondary N) is 2. The number of anilines is 1. The number of H-pyrrole nitrogens is 1. The molecule has 1 fully saturated rings. The molecule has 26 heavy (non-hydrogen) atoms. The maximum Gasteiger partial charge on any atom is 0.250 e. The highest BCUT2D eigenvalue weighted by Gasteiger charge is 2.24. The average molecular weight is 375 g/mol. The number of aromatic amines is 1. The van der Waals surface area contributed by atoms with E-state index in [-0.39, 0.29) is 22.8 Å². The zero-order valence-corrected chi connectivity index (χ0v) is 16.2. The minimum atomic E-state index is -0.136. The zero-order chi connectivity index (χ0) is 18.7. The van der Waals surface area contributed by atoms with Gasteiger partial charge in [0.2, 0.25) is 5.91 Å². The van der Waals surface area contributed by atoms with Gasteiger partial charge in [0.05, 0.1) is 24.3 Å². The Hall–Kier alpha value is -2.06. The number of carbonyl (C=O) groups excluding carboxylic acids is 1. The second kappa shape index (κ2) is 7.67. The monoisotopic (exact) mass is 375 g/mol. The zero-order valence-electron chi connectivity index (χ0n) is 15.4. The third-order valence-electron chi connectivity index (χ3n) is 4.51. The molecule has 3 heterocycles. The van der Waals surface area contributed by atoms with Crippen LogP contribution in [0.3, 0.4) is 0 Å². The van der Waals surface area contributed by atoms with Gasteiger partial charge in [-0.1, -0.05) is 20.8 Å². The first-order valence-electron chi connectivity index (χ1n) is 8.84. The van der Waals surface area contributed by atoms with E-state index < -0.39 is 0 Å². The second-order valence-electron chi connectivity index (χ2n) is 7.75. The Morgan fingerprint density at radius 2 is 2.27 bits per heavy atom. The van der Waals surface area contributed by atoms with E-state index in [0.29, 0.717) is 11.7 Å². The summed E-state index contributed by atoms with van der Waals surface area (Å²) in [5.41, 5.74) is 1.62. The molecule has 1 aliphatic heterocycles. The van der Waals surface area contributed by atoms with E-state index in [2.05, 4.69) is 45.9 Å². The van der Waals surface area contributed by atoms with E-state index in [1.807, 2.05) is 5.38 Å². The second-order valence-corrected chi connectivity index (χ2v) is 8.60. The lowest BCUT2D eigenvalue weighted by Gasteiger charge is -2.31. The Morgan fingerprint density at radius 3 is 2.96 bits per heavy atom. The molecular formula is C18H25N5O2S. The van der Waals surface area contributed by atoms with E-state index in [4.69, 9.17) is 0 Å². The van der Waals surface area contributed by atoms with Crippen LogP contribution in [0, 0.1) is 0 Å². The molecule has 3 rings (SSSR count). The molecule has 1 unspecified atom stereocenters. The Labute approximate surface area is 156 Å². The minimum Gasteiger partial charge on any atom is -0.313 e. The van der Waals surface area contributed by atoms with Crippen molar-refractivity contribution in [3.63, 3.8) is 0 Å². The molecule has 1 amide bonds. The lowest BCUT2D eigenvalue weighted by molar-refractivity contribution is -0.117. The fourth-order valence-electron chi connectivity index (χ4n) is 3.09. The summed E-state index contributed by atoms with van der Waals surface area (Å²) in [5, 5.41) is 5.54. The van der Waals surface area contributed by atoms with Crippen molar-refractivity contribution in [1.82, 2.24) is 19.9 Å². The maximum absolute atomic E-state index is 12.4. The molecule has 7 nitrogen and oxygen atoms in total. The predicted molar refractivity (Wildman–Crippen MR) is 103 cm³/mol. The summed E-state index contributed by atoms with van der Waals surface area (Å²) in [7, 11) is 0. The van der Waals surface area contributed by atoms with Crippen LogP contribution in [0.1, 0.15) is 50.9 Å². The number of amides is 1. The number of likely N-dealkylation sites (tertiary alicyclic amines) is 1. The molecule has 1 aliphatic rings.